The Kier molecular flexibility index (Phi) is 9.64. The second kappa shape index (κ2) is 9.72. The van der Waals surface area contributed by atoms with Gasteiger partial charge in [-0.05, 0) is 32.1 Å². The molecular weight excluding hydrogens is 309 g/mol. The van der Waals surface area contributed by atoms with Crippen LogP contribution in [0.2, 0.25) is 0 Å². The van der Waals surface area contributed by atoms with E-state index in [9.17, 15) is 14.7 Å². The minimum Gasteiger partial charge on any atom is -0.530 e. The zero-order valence-electron chi connectivity index (χ0n) is 11.2. The van der Waals surface area contributed by atoms with Crippen molar-refractivity contribution >= 4 is 40.8 Å². The fraction of sp³-hybridized carbons (Fsp3) is 0.800. The van der Waals surface area contributed by atoms with Gasteiger partial charge in [-0.1, -0.05) is 18.3 Å². The average Bonchev–Trinajstić information content (AvgIpc) is 2.33. The predicted molar refractivity (Wildman–Crippen MR) is 77.6 cm³/mol. The third-order valence-corrected chi connectivity index (χ3v) is 7.46. The molecule has 112 valence electrons. The first-order valence-corrected chi connectivity index (χ1v) is 10.1. The Balaban J connectivity index is 4.45. The van der Waals surface area contributed by atoms with Crippen LogP contribution in [-0.4, -0.2) is 36.9 Å². The zero-order chi connectivity index (χ0) is 14.9. The highest BCUT2D eigenvalue weighted by molar-refractivity contribution is 8.68. The summed E-state index contributed by atoms with van der Waals surface area (Å²) in [6.07, 6.45) is -1.10. The largest absolute Gasteiger partial charge is 0.530 e. The van der Waals surface area contributed by atoms with E-state index in [4.69, 9.17) is 20.9 Å². The predicted octanol–water partition coefficient (Wildman–Crippen LogP) is 1.30. The molecule has 0 radical (unpaired) electrons. The molecule has 1 unspecified atom stereocenters. The van der Waals surface area contributed by atoms with Crippen LogP contribution in [0.5, 0.6) is 0 Å². The Morgan fingerprint density at radius 1 is 1.32 bits per heavy atom. The van der Waals surface area contributed by atoms with Gasteiger partial charge in [0, 0.05) is 0 Å². The molecule has 0 aliphatic rings. The lowest BCUT2D eigenvalue weighted by Gasteiger charge is -2.21. The van der Waals surface area contributed by atoms with Gasteiger partial charge in [0.2, 0.25) is 5.69 Å². The summed E-state index contributed by atoms with van der Waals surface area (Å²) in [4.78, 5) is 22.3. The smallest absolute Gasteiger partial charge is 0.247 e. The van der Waals surface area contributed by atoms with Crippen molar-refractivity contribution in [1.29, 1.82) is 0 Å². The molecule has 0 aliphatic carbocycles. The summed E-state index contributed by atoms with van der Waals surface area (Å²) >= 11 is 6.39. The molecule has 9 heteroatoms. The van der Waals surface area contributed by atoms with Crippen LogP contribution in [0.25, 0.3) is 0 Å². The van der Waals surface area contributed by atoms with Crippen LogP contribution in [0.3, 0.4) is 0 Å². The first-order valence-electron chi connectivity index (χ1n) is 5.92. The number of nitrogens with one attached hydrogen (secondary N) is 1. The Bertz CT molecular complexity index is 343. The van der Waals surface area contributed by atoms with Gasteiger partial charge >= 0.3 is 0 Å². The van der Waals surface area contributed by atoms with Crippen molar-refractivity contribution in [1.82, 2.24) is 5.32 Å². The van der Waals surface area contributed by atoms with E-state index in [1.165, 1.54) is 0 Å². The Morgan fingerprint density at radius 2 is 1.84 bits per heavy atom. The molecule has 0 fully saturated rings. The lowest BCUT2D eigenvalue weighted by Crippen LogP contribution is -2.47. The van der Waals surface area contributed by atoms with Crippen LogP contribution >= 0.6 is 17.1 Å². The van der Waals surface area contributed by atoms with Gasteiger partial charge in [0.05, 0.1) is 25.0 Å². The standard InChI is InChI=1S/C10H20NO5PS2/c1-4-8(11-10(13)14)9(12)7-19-17(18,15-5-2)16-6-3/h8,11H,4-7H2,1-3H3,(H,13,14)/p-1. The molecule has 0 aliphatic heterocycles. The highest BCUT2D eigenvalue weighted by Crippen LogP contribution is 2.60. The van der Waals surface area contributed by atoms with Gasteiger partial charge in [-0.25, -0.2) is 0 Å². The topological polar surface area (TPSA) is 87.7 Å². The number of carbonyl (C=O) groups excluding carboxylic acids is 2. The van der Waals surface area contributed by atoms with E-state index >= 15 is 0 Å². The molecule has 1 amide bonds. The van der Waals surface area contributed by atoms with E-state index in [1.807, 2.05) is 0 Å². The summed E-state index contributed by atoms with van der Waals surface area (Å²) in [5.41, 5.74) is -2.52. The van der Waals surface area contributed by atoms with E-state index in [-0.39, 0.29) is 11.5 Å². The van der Waals surface area contributed by atoms with Gasteiger partial charge in [-0.15, -0.1) is 0 Å². The first-order chi connectivity index (χ1) is 8.88. The van der Waals surface area contributed by atoms with Crippen LogP contribution < -0.4 is 10.4 Å². The number of carboxylic acid groups (broad SMARTS) is 1. The van der Waals surface area contributed by atoms with Crippen molar-refractivity contribution in [2.24, 2.45) is 0 Å². The van der Waals surface area contributed by atoms with E-state index in [2.05, 4.69) is 5.32 Å². The molecule has 0 aromatic carbocycles. The van der Waals surface area contributed by atoms with Crippen LogP contribution in [0.1, 0.15) is 27.2 Å². The van der Waals surface area contributed by atoms with E-state index in [0.29, 0.717) is 19.6 Å². The monoisotopic (exact) mass is 328 g/mol. The lowest BCUT2D eigenvalue weighted by atomic mass is 10.1. The summed E-state index contributed by atoms with van der Waals surface area (Å²) in [6, 6.07) is -0.774. The maximum atomic E-state index is 11.9. The first kappa shape index (κ1) is 18.9. The quantitative estimate of drug-likeness (QED) is 0.605. The summed E-state index contributed by atoms with van der Waals surface area (Å²) in [6.45, 7) is 6.13. The minimum atomic E-state index is -2.52. The number of hydrogen-bond acceptors (Lipinski definition) is 7. The fourth-order valence-electron chi connectivity index (χ4n) is 1.22. The number of rotatable bonds is 10. The van der Waals surface area contributed by atoms with Gasteiger partial charge in [-0.3, -0.25) is 4.79 Å². The van der Waals surface area contributed by atoms with Crippen molar-refractivity contribution < 1.29 is 23.7 Å². The van der Waals surface area contributed by atoms with Crippen molar-refractivity contribution in [3.63, 3.8) is 0 Å². The van der Waals surface area contributed by atoms with E-state index < -0.39 is 17.8 Å². The Morgan fingerprint density at radius 3 is 2.21 bits per heavy atom. The molecule has 19 heavy (non-hydrogen) atoms. The van der Waals surface area contributed by atoms with Crippen LogP contribution in [0.15, 0.2) is 0 Å². The molecule has 0 saturated carbocycles. The molecule has 0 heterocycles. The SMILES string of the molecule is CCOP(=S)(OCC)SCC(=O)C(CC)NC(=O)[O-]. The molecule has 1 atom stereocenters. The highest BCUT2D eigenvalue weighted by atomic mass is 32.9. The summed E-state index contributed by atoms with van der Waals surface area (Å²) in [5, 5.41) is 12.5. The van der Waals surface area contributed by atoms with E-state index in [0.717, 1.165) is 11.4 Å². The number of Topliss-reactive ketones (excluding diaryl/α,β-unsaturated/α-hetero) is 1. The van der Waals surface area contributed by atoms with Crippen molar-refractivity contribution in [2.45, 2.75) is 33.2 Å². The number of carbonyl (C=O) groups is 2. The highest BCUT2D eigenvalue weighted by Gasteiger charge is 2.23. The third-order valence-electron chi connectivity index (χ3n) is 2.03. The molecule has 0 aromatic rings. The van der Waals surface area contributed by atoms with Crippen molar-refractivity contribution in [3.8, 4) is 0 Å². The van der Waals surface area contributed by atoms with Gasteiger partial charge in [0.1, 0.15) is 6.09 Å². The molecule has 6 nitrogen and oxygen atoms in total. The molecule has 0 saturated heterocycles. The Labute approximate surface area is 122 Å². The Hall–Kier alpha value is -0.140. The minimum absolute atomic E-state index is 0.0517. The zero-order valence-corrected chi connectivity index (χ0v) is 13.7. The van der Waals surface area contributed by atoms with Crippen molar-refractivity contribution in [2.75, 3.05) is 19.0 Å². The average molecular weight is 328 g/mol. The fourth-order valence-corrected chi connectivity index (χ4v) is 5.61. The second-order valence-electron chi connectivity index (χ2n) is 3.42. The second-order valence-corrected chi connectivity index (χ2v) is 9.73. The van der Waals surface area contributed by atoms with Crippen molar-refractivity contribution in [3.05, 3.63) is 0 Å². The number of ketones is 1. The van der Waals surface area contributed by atoms with Crippen LogP contribution in [0.4, 0.5) is 4.79 Å². The summed E-state index contributed by atoms with van der Waals surface area (Å²) in [7, 11) is 0. The third kappa shape index (κ3) is 7.89. The molecule has 0 spiro atoms. The van der Waals surface area contributed by atoms with Gasteiger partial charge in [0.25, 0.3) is 0 Å². The maximum absolute atomic E-state index is 11.9. The lowest BCUT2D eigenvalue weighted by molar-refractivity contribution is -0.251. The van der Waals surface area contributed by atoms with Gasteiger partial charge in [-0.2, -0.15) is 0 Å². The van der Waals surface area contributed by atoms with Crippen LogP contribution in [0, 0.1) is 0 Å². The van der Waals surface area contributed by atoms with Gasteiger partial charge < -0.3 is 24.3 Å². The molecule has 0 bridgehead atoms. The molecule has 1 N–H and O–H groups in total. The summed E-state index contributed by atoms with van der Waals surface area (Å²) < 4.78 is 10.8. The van der Waals surface area contributed by atoms with Crippen LogP contribution in [-0.2, 0) is 25.6 Å². The van der Waals surface area contributed by atoms with E-state index in [1.54, 1.807) is 20.8 Å². The maximum Gasteiger partial charge on any atom is 0.247 e. The van der Waals surface area contributed by atoms with Gasteiger partial charge in [0.15, 0.2) is 5.78 Å². The molecular formula is C10H19NO5PS2-. The molecule has 0 rings (SSSR count). The summed E-state index contributed by atoms with van der Waals surface area (Å²) in [5.74, 6) is -0.207. The number of hydrogen-bond donors (Lipinski definition) is 1. The number of amides is 1. The normalized spacial score (nSPS) is 13.0. The molecule has 0 aromatic heterocycles.